The summed E-state index contributed by atoms with van der Waals surface area (Å²) in [6.07, 6.45) is 0.838. The van der Waals surface area contributed by atoms with Crippen LogP contribution in [0.25, 0.3) is 16.6 Å². The van der Waals surface area contributed by atoms with Gasteiger partial charge in [-0.05, 0) is 49.2 Å². The first-order valence-electron chi connectivity index (χ1n) is 10.3. The molecule has 0 saturated carbocycles. The molecule has 0 N–H and O–H groups in total. The highest BCUT2D eigenvalue weighted by atomic mass is 35.5. The van der Waals surface area contributed by atoms with E-state index in [2.05, 4.69) is 13.0 Å². The van der Waals surface area contributed by atoms with Gasteiger partial charge in [-0.2, -0.15) is 0 Å². The molecule has 5 rings (SSSR count). The molecule has 0 fully saturated rings. The van der Waals surface area contributed by atoms with E-state index in [0.29, 0.717) is 26.8 Å². The maximum Gasteiger partial charge on any atom is 0.266 e. The molecule has 0 bridgehead atoms. The number of carbonyl (C=O) groups excluding carboxylic acids is 1. The number of hydrogen-bond acceptors (Lipinski definition) is 4. The lowest BCUT2D eigenvalue weighted by Gasteiger charge is -2.23. The molecular weight excluding hydrogens is 442 g/mol. The average Bonchev–Trinajstić information content (AvgIpc) is 3.14. The van der Waals surface area contributed by atoms with Crippen LogP contribution in [0.3, 0.4) is 0 Å². The molecule has 3 aromatic carbocycles. The molecule has 1 aliphatic heterocycles. The van der Waals surface area contributed by atoms with Crippen molar-refractivity contribution < 1.29 is 4.79 Å². The zero-order valence-corrected chi connectivity index (χ0v) is 18.9. The zero-order valence-electron chi connectivity index (χ0n) is 17.4. The van der Waals surface area contributed by atoms with Crippen molar-refractivity contribution in [2.24, 2.45) is 0 Å². The summed E-state index contributed by atoms with van der Waals surface area (Å²) in [6.45, 7) is 2.05. The number of amides is 1. The molecule has 0 spiro atoms. The van der Waals surface area contributed by atoms with Crippen LogP contribution in [0.1, 0.15) is 12.5 Å². The summed E-state index contributed by atoms with van der Waals surface area (Å²) in [6, 6.07) is 22.4. The number of hydrogen-bond donors (Lipinski definition) is 0. The second-order valence-corrected chi connectivity index (χ2v) is 9.09. The molecule has 5 nitrogen and oxygen atoms in total. The molecule has 0 saturated heterocycles. The Morgan fingerprint density at radius 3 is 2.53 bits per heavy atom. The minimum absolute atomic E-state index is 0.0134. The van der Waals surface area contributed by atoms with E-state index in [1.165, 1.54) is 21.9 Å². The topological polar surface area (TPSA) is 55.2 Å². The lowest BCUT2D eigenvalue weighted by molar-refractivity contribution is -0.116. The van der Waals surface area contributed by atoms with Crippen molar-refractivity contribution >= 4 is 45.9 Å². The van der Waals surface area contributed by atoms with E-state index >= 15 is 0 Å². The second kappa shape index (κ2) is 8.45. The maximum absolute atomic E-state index is 13.4. The number of nitrogens with zero attached hydrogens (tertiary/aromatic N) is 3. The van der Waals surface area contributed by atoms with Crippen molar-refractivity contribution in [3.05, 3.63) is 93.7 Å². The highest BCUT2D eigenvalue weighted by Gasteiger charge is 2.30. The van der Waals surface area contributed by atoms with E-state index in [0.717, 1.165) is 12.1 Å². The molecule has 2 heterocycles. The summed E-state index contributed by atoms with van der Waals surface area (Å²) < 4.78 is 1.50. The Hall–Kier alpha value is -3.09. The quantitative estimate of drug-likeness (QED) is 0.313. The van der Waals surface area contributed by atoms with E-state index < -0.39 is 0 Å². The summed E-state index contributed by atoms with van der Waals surface area (Å²) in [5.74, 6) is 0.147. The van der Waals surface area contributed by atoms with Crippen LogP contribution in [0.2, 0.25) is 5.02 Å². The third-order valence-electron chi connectivity index (χ3n) is 5.64. The number of rotatable bonds is 4. The highest BCUT2D eigenvalue weighted by molar-refractivity contribution is 7.99. The fourth-order valence-corrected chi connectivity index (χ4v) is 5.28. The molecular formula is C25H20ClN3O2S. The van der Waals surface area contributed by atoms with Gasteiger partial charge in [-0.3, -0.25) is 14.2 Å². The summed E-state index contributed by atoms with van der Waals surface area (Å²) in [4.78, 5) is 33.2. The van der Waals surface area contributed by atoms with E-state index in [9.17, 15) is 9.59 Å². The van der Waals surface area contributed by atoms with Gasteiger partial charge in [-0.15, -0.1) is 0 Å². The third kappa shape index (κ3) is 3.59. The number of halogens is 1. The summed E-state index contributed by atoms with van der Waals surface area (Å²) in [5.41, 5.74) is 3.07. The van der Waals surface area contributed by atoms with Gasteiger partial charge in [-0.25, -0.2) is 4.98 Å². The van der Waals surface area contributed by atoms with Gasteiger partial charge in [0.25, 0.3) is 5.56 Å². The molecule has 1 atom stereocenters. The normalized spacial score (nSPS) is 15.2. The molecule has 0 unspecified atom stereocenters. The van der Waals surface area contributed by atoms with Crippen LogP contribution in [0.4, 0.5) is 5.69 Å². The van der Waals surface area contributed by atoms with Gasteiger partial charge in [0, 0.05) is 11.7 Å². The summed E-state index contributed by atoms with van der Waals surface area (Å²) in [5, 5.41) is 1.39. The second-order valence-electron chi connectivity index (χ2n) is 7.74. The van der Waals surface area contributed by atoms with Crippen LogP contribution < -0.4 is 10.5 Å². The summed E-state index contributed by atoms with van der Waals surface area (Å²) >= 11 is 7.68. The van der Waals surface area contributed by atoms with Crippen molar-refractivity contribution in [3.63, 3.8) is 0 Å². The lowest BCUT2D eigenvalue weighted by atomic mass is 10.1. The van der Waals surface area contributed by atoms with Gasteiger partial charge >= 0.3 is 0 Å². The number of anilines is 1. The van der Waals surface area contributed by atoms with Crippen LogP contribution >= 0.6 is 23.4 Å². The van der Waals surface area contributed by atoms with E-state index in [1.807, 2.05) is 47.4 Å². The van der Waals surface area contributed by atoms with Crippen LogP contribution in [0, 0.1) is 0 Å². The van der Waals surface area contributed by atoms with Gasteiger partial charge in [0.2, 0.25) is 5.91 Å². The number of benzene rings is 3. The van der Waals surface area contributed by atoms with Gasteiger partial charge < -0.3 is 4.90 Å². The molecule has 1 aliphatic rings. The van der Waals surface area contributed by atoms with Crippen molar-refractivity contribution in [1.82, 2.24) is 9.55 Å². The molecule has 0 radical (unpaired) electrons. The maximum atomic E-state index is 13.4. The van der Waals surface area contributed by atoms with Gasteiger partial charge in [0.1, 0.15) is 0 Å². The zero-order chi connectivity index (χ0) is 22.2. The van der Waals surface area contributed by atoms with Crippen LogP contribution in [0.15, 0.2) is 82.7 Å². The van der Waals surface area contributed by atoms with E-state index in [4.69, 9.17) is 16.6 Å². The van der Waals surface area contributed by atoms with Crippen LogP contribution in [-0.4, -0.2) is 27.3 Å². The number of thioether (sulfide) groups is 1. The molecule has 1 aromatic heterocycles. The molecule has 1 amide bonds. The fraction of sp³-hybridized carbons (Fsp3) is 0.160. The highest BCUT2D eigenvalue weighted by Crippen LogP contribution is 2.33. The molecule has 160 valence electrons. The Kier molecular flexibility index (Phi) is 5.49. The Balaban J connectivity index is 1.53. The van der Waals surface area contributed by atoms with E-state index in [1.54, 1.807) is 24.3 Å². The monoisotopic (exact) mass is 461 g/mol. The Bertz CT molecular complexity index is 1400. The minimum Gasteiger partial charge on any atom is -0.308 e. The third-order valence-corrected chi connectivity index (χ3v) is 6.88. The Morgan fingerprint density at radius 1 is 1.03 bits per heavy atom. The Labute approximate surface area is 194 Å². The number of aromatic nitrogens is 2. The number of carbonyl (C=O) groups is 1. The summed E-state index contributed by atoms with van der Waals surface area (Å²) in [7, 11) is 0. The molecule has 4 aromatic rings. The molecule has 7 heteroatoms. The van der Waals surface area contributed by atoms with Gasteiger partial charge in [-0.1, -0.05) is 65.8 Å². The SMILES string of the molecule is C[C@@H]1Cc2ccccc2N1C(=O)CSc1nc2ccccc2c(=O)n1-c1ccccc1Cl. The van der Waals surface area contributed by atoms with Crippen molar-refractivity contribution in [2.75, 3.05) is 10.7 Å². The first-order valence-corrected chi connectivity index (χ1v) is 11.7. The number of para-hydroxylation sites is 3. The first kappa shape index (κ1) is 20.8. The lowest BCUT2D eigenvalue weighted by Crippen LogP contribution is -2.37. The van der Waals surface area contributed by atoms with Crippen LogP contribution in [-0.2, 0) is 11.2 Å². The van der Waals surface area contributed by atoms with E-state index in [-0.39, 0.29) is 23.3 Å². The average molecular weight is 462 g/mol. The predicted octanol–water partition coefficient (Wildman–Crippen LogP) is 5.11. The molecule has 32 heavy (non-hydrogen) atoms. The Morgan fingerprint density at radius 2 is 1.72 bits per heavy atom. The van der Waals surface area contributed by atoms with Crippen molar-refractivity contribution in [1.29, 1.82) is 0 Å². The fourth-order valence-electron chi connectivity index (χ4n) is 4.20. The van der Waals surface area contributed by atoms with Crippen LogP contribution in [0.5, 0.6) is 0 Å². The smallest absolute Gasteiger partial charge is 0.266 e. The number of fused-ring (bicyclic) bond motifs is 2. The standard InChI is InChI=1S/C25H20ClN3O2S/c1-16-14-17-8-2-6-12-21(17)28(16)23(30)15-32-25-27-20-11-5-3-9-18(20)24(31)29(25)22-13-7-4-10-19(22)26/h2-13,16H,14-15H2,1H3/t16-/m1/s1. The minimum atomic E-state index is -0.210. The predicted molar refractivity (Wildman–Crippen MR) is 130 cm³/mol. The van der Waals surface area contributed by atoms with Crippen molar-refractivity contribution in [3.8, 4) is 5.69 Å². The first-order chi connectivity index (χ1) is 15.5. The largest absolute Gasteiger partial charge is 0.308 e. The van der Waals surface area contributed by atoms with Gasteiger partial charge in [0.05, 0.1) is 27.4 Å². The molecule has 0 aliphatic carbocycles. The van der Waals surface area contributed by atoms with Gasteiger partial charge in [0.15, 0.2) is 5.16 Å². The van der Waals surface area contributed by atoms with Crippen molar-refractivity contribution in [2.45, 2.75) is 24.5 Å².